The lowest BCUT2D eigenvalue weighted by Crippen LogP contribution is -2.28. The molecule has 92 valence electrons. The maximum Gasteiger partial charge on any atom is 0.0208 e. The van der Waals surface area contributed by atoms with E-state index < -0.39 is 0 Å². The Hall–Kier alpha value is -1.60. The van der Waals surface area contributed by atoms with E-state index in [-0.39, 0.29) is 0 Å². The van der Waals surface area contributed by atoms with E-state index in [0.717, 1.165) is 6.54 Å². The molecule has 1 heteroatoms. The molecular weight excluding hydrogens is 218 g/mol. The van der Waals surface area contributed by atoms with Crippen LogP contribution in [0.5, 0.6) is 0 Å². The van der Waals surface area contributed by atoms with Crippen LogP contribution < -0.4 is 5.32 Å². The number of fused-ring (bicyclic) bond motifs is 1. The van der Waals surface area contributed by atoms with E-state index in [4.69, 9.17) is 0 Å². The standard InChI is InChI=1S/C17H19N/c1-13-6-8-14(9-7-13)12-18-17-10-15-4-2-3-5-16(15)11-17/h2-9,17-18H,10-12H2,1H3. The van der Waals surface area contributed by atoms with Gasteiger partial charge in [-0.3, -0.25) is 0 Å². The van der Waals surface area contributed by atoms with Gasteiger partial charge in [-0.2, -0.15) is 0 Å². The van der Waals surface area contributed by atoms with E-state index in [2.05, 4.69) is 60.8 Å². The van der Waals surface area contributed by atoms with Crippen molar-refractivity contribution in [3.8, 4) is 0 Å². The number of benzene rings is 2. The normalized spacial score (nSPS) is 14.7. The molecule has 0 unspecified atom stereocenters. The molecule has 1 nitrogen and oxygen atoms in total. The van der Waals surface area contributed by atoms with E-state index in [9.17, 15) is 0 Å². The Balaban J connectivity index is 1.58. The summed E-state index contributed by atoms with van der Waals surface area (Å²) in [4.78, 5) is 0. The lowest BCUT2D eigenvalue weighted by atomic mass is 10.1. The number of hydrogen-bond donors (Lipinski definition) is 1. The molecule has 0 atom stereocenters. The summed E-state index contributed by atoms with van der Waals surface area (Å²) < 4.78 is 0. The number of hydrogen-bond acceptors (Lipinski definition) is 1. The minimum atomic E-state index is 0.601. The van der Waals surface area contributed by atoms with Crippen molar-refractivity contribution in [2.24, 2.45) is 0 Å². The molecule has 1 N–H and O–H groups in total. The summed E-state index contributed by atoms with van der Waals surface area (Å²) in [6.07, 6.45) is 2.34. The van der Waals surface area contributed by atoms with Gasteiger partial charge in [-0.1, -0.05) is 54.1 Å². The minimum Gasteiger partial charge on any atom is -0.309 e. The van der Waals surface area contributed by atoms with Crippen LogP contribution in [0.1, 0.15) is 22.3 Å². The maximum absolute atomic E-state index is 3.66. The molecule has 0 saturated heterocycles. The monoisotopic (exact) mass is 237 g/mol. The number of nitrogens with one attached hydrogen (secondary N) is 1. The fourth-order valence-electron chi connectivity index (χ4n) is 2.67. The molecular formula is C17H19N. The molecule has 18 heavy (non-hydrogen) atoms. The Kier molecular flexibility index (Phi) is 3.16. The fraction of sp³-hybridized carbons (Fsp3) is 0.294. The molecule has 0 amide bonds. The van der Waals surface area contributed by atoms with Crippen molar-refractivity contribution in [3.05, 3.63) is 70.8 Å². The zero-order valence-corrected chi connectivity index (χ0v) is 10.8. The number of rotatable bonds is 3. The Morgan fingerprint density at radius 3 is 2.17 bits per heavy atom. The van der Waals surface area contributed by atoms with Gasteiger partial charge in [0, 0.05) is 12.6 Å². The smallest absolute Gasteiger partial charge is 0.0208 e. The van der Waals surface area contributed by atoms with Gasteiger partial charge >= 0.3 is 0 Å². The Morgan fingerprint density at radius 1 is 0.944 bits per heavy atom. The second kappa shape index (κ2) is 4.95. The summed E-state index contributed by atoms with van der Waals surface area (Å²) in [5.74, 6) is 0. The average Bonchev–Trinajstić information content (AvgIpc) is 2.81. The third kappa shape index (κ3) is 2.46. The Labute approximate surface area is 109 Å². The fourth-order valence-corrected chi connectivity index (χ4v) is 2.67. The van der Waals surface area contributed by atoms with Gasteiger partial charge < -0.3 is 5.32 Å². The van der Waals surface area contributed by atoms with Crippen LogP contribution in [0.4, 0.5) is 0 Å². The van der Waals surface area contributed by atoms with Crippen LogP contribution in [-0.2, 0) is 19.4 Å². The lowest BCUT2D eigenvalue weighted by Gasteiger charge is -2.12. The SMILES string of the molecule is Cc1ccc(CNC2Cc3ccccc3C2)cc1. The van der Waals surface area contributed by atoms with Crippen LogP contribution in [0, 0.1) is 6.92 Å². The van der Waals surface area contributed by atoms with Crippen LogP contribution in [0.15, 0.2) is 48.5 Å². The largest absolute Gasteiger partial charge is 0.309 e. The molecule has 0 heterocycles. The summed E-state index contributed by atoms with van der Waals surface area (Å²) in [5, 5.41) is 3.66. The van der Waals surface area contributed by atoms with E-state index in [1.165, 1.54) is 35.1 Å². The van der Waals surface area contributed by atoms with Crippen molar-refractivity contribution in [1.82, 2.24) is 5.32 Å². The first-order chi connectivity index (χ1) is 8.81. The third-order valence-electron chi connectivity index (χ3n) is 3.77. The molecule has 2 aromatic rings. The van der Waals surface area contributed by atoms with Gasteiger partial charge in [0.2, 0.25) is 0 Å². The van der Waals surface area contributed by atoms with E-state index >= 15 is 0 Å². The van der Waals surface area contributed by atoms with Gasteiger partial charge in [0.05, 0.1) is 0 Å². The number of aryl methyl sites for hydroxylation is 1. The van der Waals surface area contributed by atoms with E-state index in [1.54, 1.807) is 0 Å². The molecule has 0 fully saturated rings. The third-order valence-corrected chi connectivity index (χ3v) is 3.77. The summed E-state index contributed by atoms with van der Waals surface area (Å²) >= 11 is 0. The highest BCUT2D eigenvalue weighted by Gasteiger charge is 2.19. The van der Waals surface area contributed by atoms with Crippen molar-refractivity contribution in [3.63, 3.8) is 0 Å². The van der Waals surface area contributed by atoms with Crippen molar-refractivity contribution in [1.29, 1.82) is 0 Å². The molecule has 0 radical (unpaired) electrons. The van der Waals surface area contributed by atoms with Gasteiger partial charge in [-0.25, -0.2) is 0 Å². The zero-order chi connectivity index (χ0) is 12.4. The van der Waals surface area contributed by atoms with Crippen LogP contribution in [0.2, 0.25) is 0 Å². The summed E-state index contributed by atoms with van der Waals surface area (Å²) in [6.45, 7) is 3.10. The molecule has 3 rings (SSSR count). The zero-order valence-electron chi connectivity index (χ0n) is 10.8. The minimum absolute atomic E-state index is 0.601. The predicted octanol–water partition coefficient (Wildman–Crippen LogP) is 3.25. The molecule has 0 aliphatic heterocycles. The second-order valence-electron chi connectivity index (χ2n) is 5.24. The molecule has 1 aliphatic rings. The van der Waals surface area contributed by atoms with Crippen molar-refractivity contribution in [2.45, 2.75) is 32.4 Å². The quantitative estimate of drug-likeness (QED) is 0.864. The van der Waals surface area contributed by atoms with Crippen molar-refractivity contribution >= 4 is 0 Å². The highest BCUT2D eigenvalue weighted by atomic mass is 14.9. The van der Waals surface area contributed by atoms with Gasteiger partial charge in [-0.05, 0) is 36.5 Å². The first kappa shape index (κ1) is 11.5. The predicted molar refractivity (Wildman–Crippen MR) is 75.7 cm³/mol. The Morgan fingerprint density at radius 2 is 1.56 bits per heavy atom. The van der Waals surface area contributed by atoms with Gasteiger partial charge in [0.15, 0.2) is 0 Å². The molecule has 2 aromatic carbocycles. The highest BCUT2D eigenvalue weighted by molar-refractivity contribution is 5.33. The first-order valence-electron chi connectivity index (χ1n) is 6.67. The summed E-state index contributed by atoms with van der Waals surface area (Å²) in [6, 6.07) is 18.2. The van der Waals surface area contributed by atoms with Crippen LogP contribution >= 0.6 is 0 Å². The van der Waals surface area contributed by atoms with Crippen molar-refractivity contribution in [2.75, 3.05) is 0 Å². The van der Waals surface area contributed by atoms with E-state index in [0.29, 0.717) is 6.04 Å². The van der Waals surface area contributed by atoms with Crippen LogP contribution in [0.3, 0.4) is 0 Å². The molecule has 0 saturated carbocycles. The summed E-state index contributed by atoms with van der Waals surface area (Å²) in [5.41, 5.74) is 5.72. The molecule has 1 aliphatic carbocycles. The molecule has 0 aromatic heterocycles. The first-order valence-corrected chi connectivity index (χ1v) is 6.67. The second-order valence-corrected chi connectivity index (χ2v) is 5.24. The van der Waals surface area contributed by atoms with Gasteiger partial charge in [0.25, 0.3) is 0 Å². The van der Waals surface area contributed by atoms with Crippen LogP contribution in [-0.4, -0.2) is 6.04 Å². The van der Waals surface area contributed by atoms with Gasteiger partial charge in [-0.15, -0.1) is 0 Å². The molecule has 0 bridgehead atoms. The lowest BCUT2D eigenvalue weighted by molar-refractivity contribution is 0.533. The van der Waals surface area contributed by atoms with Gasteiger partial charge in [0.1, 0.15) is 0 Å². The van der Waals surface area contributed by atoms with Crippen molar-refractivity contribution < 1.29 is 0 Å². The highest BCUT2D eigenvalue weighted by Crippen LogP contribution is 2.21. The summed E-state index contributed by atoms with van der Waals surface area (Å²) in [7, 11) is 0. The Bertz CT molecular complexity index is 503. The van der Waals surface area contributed by atoms with Crippen LogP contribution in [0.25, 0.3) is 0 Å². The average molecular weight is 237 g/mol. The van der Waals surface area contributed by atoms with E-state index in [1.807, 2.05) is 0 Å². The maximum atomic E-state index is 3.66. The topological polar surface area (TPSA) is 12.0 Å². The molecule has 0 spiro atoms.